The largest absolute Gasteiger partial charge is 0.376 e. The Kier molecular flexibility index (Phi) is 5.65. The lowest BCUT2D eigenvalue weighted by molar-refractivity contribution is -0.120. The molecule has 0 bridgehead atoms. The number of hydrogen-bond acceptors (Lipinski definition) is 2. The van der Waals surface area contributed by atoms with Crippen LogP contribution in [0.1, 0.15) is 38.5 Å². The van der Waals surface area contributed by atoms with Crippen LogP contribution in [0.3, 0.4) is 0 Å². The lowest BCUT2D eigenvalue weighted by atomic mass is 10.1. The van der Waals surface area contributed by atoms with Crippen LogP contribution in [0.25, 0.3) is 0 Å². The Bertz CT molecular complexity index is 459. The highest BCUT2D eigenvalue weighted by molar-refractivity contribution is 6.31. The Morgan fingerprint density at radius 2 is 1.95 bits per heavy atom. The van der Waals surface area contributed by atoms with Crippen molar-refractivity contribution in [3.05, 3.63) is 29.0 Å². The summed E-state index contributed by atoms with van der Waals surface area (Å²) in [6, 6.07) is 4.63. The summed E-state index contributed by atoms with van der Waals surface area (Å²) in [4.78, 5) is 11.9. The second kappa shape index (κ2) is 7.48. The van der Waals surface area contributed by atoms with Crippen LogP contribution in [0.4, 0.5) is 10.1 Å². The van der Waals surface area contributed by atoms with Gasteiger partial charge in [0.05, 0.1) is 11.6 Å². The third-order valence-corrected chi connectivity index (χ3v) is 3.88. The molecule has 2 rings (SSSR count). The summed E-state index contributed by atoms with van der Waals surface area (Å²) in [6.07, 6.45) is 7.03. The smallest absolute Gasteiger partial charge is 0.239 e. The van der Waals surface area contributed by atoms with Gasteiger partial charge in [-0.3, -0.25) is 4.79 Å². The number of amides is 1. The van der Waals surface area contributed by atoms with E-state index in [2.05, 4.69) is 10.6 Å². The summed E-state index contributed by atoms with van der Waals surface area (Å²) in [7, 11) is 0. The summed E-state index contributed by atoms with van der Waals surface area (Å²) in [5.41, 5.74) is 0.646. The fraction of sp³-hybridized carbons (Fsp3) is 0.533. The molecule has 0 saturated heterocycles. The molecular weight excluding hydrogens is 279 g/mol. The molecule has 0 spiro atoms. The molecule has 5 heteroatoms. The zero-order valence-corrected chi connectivity index (χ0v) is 12.2. The third kappa shape index (κ3) is 4.67. The molecule has 1 fully saturated rings. The van der Waals surface area contributed by atoms with Crippen LogP contribution in [0.15, 0.2) is 18.2 Å². The SMILES string of the molecule is O=C(CNc1ccc(F)c(Cl)c1)NC1CCCCCC1. The highest BCUT2D eigenvalue weighted by Crippen LogP contribution is 2.19. The lowest BCUT2D eigenvalue weighted by Gasteiger charge is -2.16. The second-order valence-corrected chi connectivity index (χ2v) is 5.65. The van der Waals surface area contributed by atoms with E-state index in [9.17, 15) is 9.18 Å². The Hall–Kier alpha value is -1.29. The lowest BCUT2D eigenvalue weighted by Crippen LogP contribution is -2.38. The van der Waals surface area contributed by atoms with Crippen LogP contribution in [0.2, 0.25) is 5.02 Å². The van der Waals surface area contributed by atoms with Crippen molar-refractivity contribution in [1.29, 1.82) is 0 Å². The normalized spacial score (nSPS) is 16.5. The van der Waals surface area contributed by atoms with Gasteiger partial charge in [0, 0.05) is 11.7 Å². The minimum atomic E-state index is -0.458. The molecule has 1 aromatic carbocycles. The molecule has 0 heterocycles. The number of carbonyl (C=O) groups is 1. The predicted octanol–water partition coefficient (Wildman–Crippen LogP) is 3.73. The highest BCUT2D eigenvalue weighted by atomic mass is 35.5. The van der Waals surface area contributed by atoms with E-state index >= 15 is 0 Å². The topological polar surface area (TPSA) is 41.1 Å². The highest BCUT2D eigenvalue weighted by Gasteiger charge is 2.14. The van der Waals surface area contributed by atoms with E-state index in [1.54, 1.807) is 6.07 Å². The van der Waals surface area contributed by atoms with Crippen LogP contribution in [-0.4, -0.2) is 18.5 Å². The molecule has 0 aromatic heterocycles. The summed E-state index contributed by atoms with van der Waals surface area (Å²) < 4.78 is 13.0. The van der Waals surface area contributed by atoms with E-state index in [0.29, 0.717) is 11.7 Å². The fourth-order valence-electron chi connectivity index (χ4n) is 2.49. The molecule has 110 valence electrons. The quantitative estimate of drug-likeness (QED) is 0.832. The van der Waals surface area contributed by atoms with Gasteiger partial charge in [-0.15, -0.1) is 0 Å². The molecule has 1 aliphatic carbocycles. The average Bonchev–Trinajstić information content (AvgIpc) is 2.69. The van der Waals surface area contributed by atoms with Crippen molar-refractivity contribution in [1.82, 2.24) is 5.32 Å². The summed E-state index contributed by atoms with van der Waals surface area (Å²) in [6.45, 7) is 0.179. The summed E-state index contributed by atoms with van der Waals surface area (Å²) >= 11 is 5.69. The van der Waals surface area contributed by atoms with Gasteiger partial charge in [0.1, 0.15) is 5.82 Å². The van der Waals surface area contributed by atoms with Crippen LogP contribution >= 0.6 is 11.6 Å². The van der Waals surface area contributed by atoms with E-state index < -0.39 is 5.82 Å². The molecule has 0 aliphatic heterocycles. The van der Waals surface area contributed by atoms with Crippen molar-refractivity contribution in [2.24, 2.45) is 0 Å². The molecule has 0 unspecified atom stereocenters. The molecule has 1 aromatic rings. The van der Waals surface area contributed by atoms with Crippen molar-refractivity contribution < 1.29 is 9.18 Å². The maximum absolute atomic E-state index is 13.0. The minimum Gasteiger partial charge on any atom is -0.376 e. The van der Waals surface area contributed by atoms with Crippen molar-refractivity contribution >= 4 is 23.2 Å². The number of hydrogen-bond donors (Lipinski definition) is 2. The number of benzene rings is 1. The van der Waals surface area contributed by atoms with Gasteiger partial charge in [0.2, 0.25) is 5.91 Å². The summed E-state index contributed by atoms with van der Waals surface area (Å²) in [5.74, 6) is -0.488. The number of carbonyl (C=O) groups excluding carboxylic acids is 1. The first-order valence-corrected chi connectivity index (χ1v) is 7.51. The molecule has 3 nitrogen and oxygen atoms in total. The van der Waals surface area contributed by atoms with Gasteiger partial charge in [-0.2, -0.15) is 0 Å². The molecule has 1 aliphatic rings. The molecule has 0 radical (unpaired) electrons. The number of rotatable bonds is 4. The van der Waals surface area contributed by atoms with Crippen LogP contribution in [0, 0.1) is 5.82 Å². The number of halogens is 2. The Morgan fingerprint density at radius 3 is 2.60 bits per heavy atom. The van der Waals surface area contributed by atoms with E-state index in [0.717, 1.165) is 12.8 Å². The van der Waals surface area contributed by atoms with Gasteiger partial charge in [0.25, 0.3) is 0 Å². The molecule has 1 saturated carbocycles. The maximum atomic E-state index is 13.0. The first kappa shape index (κ1) is 15.1. The zero-order chi connectivity index (χ0) is 14.4. The van der Waals surface area contributed by atoms with Gasteiger partial charge < -0.3 is 10.6 Å². The summed E-state index contributed by atoms with van der Waals surface area (Å²) in [5, 5.41) is 6.06. The van der Waals surface area contributed by atoms with Crippen molar-refractivity contribution in [2.45, 2.75) is 44.6 Å². The van der Waals surface area contributed by atoms with E-state index in [-0.39, 0.29) is 17.5 Å². The molecule has 20 heavy (non-hydrogen) atoms. The molecular formula is C15H20ClFN2O. The Morgan fingerprint density at radius 1 is 1.25 bits per heavy atom. The van der Waals surface area contributed by atoms with Gasteiger partial charge in [-0.1, -0.05) is 37.3 Å². The monoisotopic (exact) mass is 298 g/mol. The van der Waals surface area contributed by atoms with Gasteiger partial charge in [-0.25, -0.2) is 4.39 Å². The van der Waals surface area contributed by atoms with Gasteiger partial charge in [0.15, 0.2) is 0 Å². The van der Waals surface area contributed by atoms with Crippen LogP contribution in [-0.2, 0) is 4.79 Å². The van der Waals surface area contributed by atoms with Crippen LogP contribution < -0.4 is 10.6 Å². The number of anilines is 1. The molecule has 1 amide bonds. The number of nitrogens with one attached hydrogen (secondary N) is 2. The average molecular weight is 299 g/mol. The zero-order valence-electron chi connectivity index (χ0n) is 11.4. The molecule has 0 atom stereocenters. The first-order valence-electron chi connectivity index (χ1n) is 7.13. The van der Waals surface area contributed by atoms with Gasteiger partial charge in [-0.05, 0) is 31.0 Å². The Labute approximate surface area is 123 Å². The van der Waals surface area contributed by atoms with Crippen molar-refractivity contribution in [3.8, 4) is 0 Å². The van der Waals surface area contributed by atoms with E-state index in [4.69, 9.17) is 11.6 Å². The van der Waals surface area contributed by atoms with Crippen molar-refractivity contribution in [3.63, 3.8) is 0 Å². The third-order valence-electron chi connectivity index (χ3n) is 3.59. The van der Waals surface area contributed by atoms with E-state index in [1.807, 2.05) is 0 Å². The van der Waals surface area contributed by atoms with Gasteiger partial charge >= 0.3 is 0 Å². The fourth-order valence-corrected chi connectivity index (χ4v) is 2.67. The standard InChI is InChI=1S/C15H20ClFN2O/c16-13-9-12(7-8-14(13)17)18-10-15(20)19-11-5-3-1-2-4-6-11/h7-9,11,18H,1-6,10H2,(H,19,20). The first-order chi connectivity index (χ1) is 9.65. The van der Waals surface area contributed by atoms with Crippen LogP contribution in [0.5, 0.6) is 0 Å². The minimum absolute atomic E-state index is 0.0302. The molecule has 2 N–H and O–H groups in total. The Balaban J connectivity index is 1.77. The maximum Gasteiger partial charge on any atom is 0.239 e. The predicted molar refractivity (Wildman–Crippen MR) is 79.5 cm³/mol. The second-order valence-electron chi connectivity index (χ2n) is 5.24. The van der Waals surface area contributed by atoms with E-state index in [1.165, 1.54) is 37.8 Å². The van der Waals surface area contributed by atoms with Crippen molar-refractivity contribution in [2.75, 3.05) is 11.9 Å².